The number of hydrogen-bond acceptors (Lipinski definition) is 4. The second kappa shape index (κ2) is 8.18. The van der Waals surface area contributed by atoms with Gasteiger partial charge in [0.15, 0.2) is 17.5 Å². The summed E-state index contributed by atoms with van der Waals surface area (Å²) in [5.41, 5.74) is 0.331. The smallest absolute Gasteiger partial charge is 0.339 e. The largest absolute Gasteiger partial charge is 0.465 e. The fourth-order valence-electron chi connectivity index (χ4n) is 2.07. The van der Waals surface area contributed by atoms with Crippen molar-refractivity contribution in [3.63, 3.8) is 0 Å². The molecule has 0 saturated carbocycles. The molecule has 0 spiro atoms. The first-order valence-corrected chi connectivity index (χ1v) is 7.28. The van der Waals surface area contributed by atoms with E-state index in [0.717, 1.165) is 12.1 Å². The summed E-state index contributed by atoms with van der Waals surface area (Å²) >= 11 is 0. The van der Waals surface area contributed by atoms with E-state index in [1.54, 1.807) is 24.3 Å². The van der Waals surface area contributed by atoms with Gasteiger partial charge in [0.1, 0.15) is 0 Å². The van der Waals surface area contributed by atoms with Crippen molar-refractivity contribution in [3.8, 4) is 0 Å². The minimum Gasteiger partial charge on any atom is -0.465 e. The molecule has 8 heteroatoms. The van der Waals surface area contributed by atoms with Crippen LogP contribution in [0, 0.1) is 17.5 Å². The van der Waals surface area contributed by atoms with Crippen molar-refractivity contribution in [2.75, 3.05) is 24.3 Å². The summed E-state index contributed by atoms with van der Waals surface area (Å²) in [5, 5.41) is 5.05. The summed E-state index contributed by atoms with van der Waals surface area (Å²) in [5.74, 6) is -5.58. The molecule has 0 aliphatic carbocycles. The van der Waals surface area contributed by atoms with Crippen LogP contribution in [0.25, 0.3) is 0 Å². The first-order chi connectivity index (χ1) is 11.9. The summed E-state index contributed by atoms with van der Waals surface area (Å²) in [6, 6.07) is 8.22. The monoisotopic (exact) mass is 352 g/mol. The van der Waals surface area contributed by atoms with Gasteiger partial charge in [-0.2, -0.15) is 0 Å². The Labute approximate surface area is 141 Å². The van der Waals surface area contributed by atoms with E-state index in [-0.39, 0.29) is 13.0 Å². The first-order valence-electron chi connectivity index (χ1n) is 7.28. The lowest BCUT2D eigenvalue weighted by molar-refractivity contribution is -0.116. The Morgan fingerprint density at radius 2 is 1.72 bits per heavy atom. The lowest BCUT2D eigenvalue weighted by Gasteiger charge is -2.11. The number of carbonyl (C=O) groups excluding carboxylic acids is 2. The first kappa shape index (κ1) is 18.3. The zero-order valence-electron chi connectivity index (χ0n) is 13.2. The van der Waals surface area contributed by atoms with Gasteiger partial charge in [-0.1, -0.05) is 12.1 Å². The van der Waals surface area contributed by atoms with E-state index >= 15 is 0 Å². The maximum atomic E-state index is 13.5. The van der Waals surface area contributed by atoms with Crippen molar-refractivity contribution >= 4 is 23.3 Å². The van der Waals surface area contributed by atoms with Crippen LogP contribution in [0.15, 0.2) is 36.4 Å². The molecule has 0 fully saturated rings. The summed E-state index contributed by atoms with van der Waals surface area (Å²) in [7, 11) is 1.25. The Morgan fingerprint density at radius 3 is 2.44 bits per heavy atom. The normalized spacial score (nSPS) is 10.2. The van der Waals surface area contributed by atoms with Gasteiger partial charge in [-0.05, 0) is 24.3 Å². The Bertz CT molecular complexity index is 797. The Morgan fingerprint density at radius 1 is 1.00 bits per heavy atom. The number of nitrogens with one attached hydrogen (secondary N) is 2. The molecule has 0 bridgehead atoms. The number of ether oxygens (including phenoxy) is 1. The molecule has 0 heterocycles. The van der Waals surface area contributed by atoms with Gasteiger partial charge in [-0.3, -0.25) is 4.79 Å². The molecule has 0 radical (unpaired) electrons. The average Bonchev–Trinajstić information content (AvgIpc) is 2.62. The Balaban J connectivity index is 1.94. The minimum atomic E-state index is -1.65. The number of amides is 1. The number of rotatable bonds is 6. The highest BCUT2D eigenvalue weighted by Gasteiger charge is 2.15. The van der Waals surface area contributed by atoms with Crippen LogP contribution in [0.4, 0.5) is 24.5 Å². The zero-order valence-corrected chi connectivity index (χ0v) is 13.2. The topological polar surface area (TPSA) is 67.4 Å². The number of carbonyl (C=O) groups is 2. The molecule has 132 valence electrons. The van der Waals surface area contributed by atoms with E-state index in [1.807, 2.05) is 0 Å². The van der Waals surface area contributed by atoms with Crippen LogP contribution in [0.3, 0.4) is 0 Å². The van der Waals surface area contributed by atoms with Crippen LogP contribution >= 0.6 is 0 Å². The molecule has 0 aromatic heterocycles. The molecule has 2 aromatic rings. The molecule has 2 N–H and O–H groups in total. The van der Waals surface area contributed by atoms with E-state index < -0.39 is 35.0 Å². The van der Waals surface area contributed by atoms with Crippen LogP contribution in [-0.4, -0.2) is 25.5 Å². The number of halogens is 3. The van der Waals surface area contributed by atoms with Gasteiger partial charge in [0.2, 0.25) is 5.91 Å². The number of hydrogen-bond donors (Lipinski definition) is 2. The number of methoxy groups -OCH3 is 1. The maximum absolute atomic E-state index is 13.5. The zero-order chi connectivity index (χ0) is 18.4. The van der Waals surface area contributed by atoms with Crippen molar-refractivity contribution in [1.82, 2.24) is 0 Å². The van der Waals surface area contributed by atoms with E-state index in [4.69, 9.17) is 0 Å². The van der Waals surface area contributed by atoms with Crippen molar-refractivity contribution in [1.29, 1.82) is 0 Å². The molecule has 0 unspecified atom stereocenters. The minimum absolute atomic E-state index is 0.0893. The standard InChI is InChI=1S/C17H15F3N2O3/c1-25-17(24)10-4-2-3-5-12(10)21-9-8-14(23)22-13-7-6-11(18)15(19)16(13)20/h2-7,21H,8-9H2,1H3,(H,22,23). The molecule has 25 heavy (non-hydrogen) atoms. The van der Waals surface area contributed by atoms with Crippen LogP contribution in [0.5, 0.6) is 0 Å². The summed E-state index contributed by atoms with van der Waals surface area (Å²) in [4.78, 5) is 23.4. The van der Waals surface area contributed by atoms with Gasteiger partial charge in [0.25, 0.3) is 0 Å². The van der Waals surface area contributed by atoms with Crippen LogP contribution in [-0.2, 0) is 9.53 Å². The summed E-state index contributed by atoms with van der Waals surface area (Å²) < 4.78 is 44.1. The molecule has 2 rings (SSSR count). The molecule has 0 atom stereocenters. The summed E-state index contributed by atoms with van der Waals surface area (Å²) in [6.07, 6.45) is -0.0893. The van der Waals surface area contributed by atoms with Gasteiger partial charge in [-0.15, -0.1) is 0 Å². The lowest BCUT2D eigenvalue weighted by Crippen LogP contribution is -2.18. The van der Waals surface area contributed by atoms with Gasteiger partial charge in [-0.25, -0.2) is 18.0 Å². The Kier molecular flexibility index (Phi) is 5.99. The van der Waals surface area contributed by atoms with Crippen molar-refractivity contribution in [2.45, 2.75) is 6.42 Å². The van der Waals surface area contributed by atoms with Crippen LogP contribution < -0.4 is 10.6 Å². The molecule has 0 aliphatic heterocycles. The van der Waals surface area contributed by atoms with Gasteiger partial charge >= 0.3 is 5.97 Å². The highest BCUT2D eigenvalue weighted by Crippen LogP contribution is 2.20. The molecule has 0 aliphatic rings. The molecule has 1 amide bonds. The van der Waals surface area contributed by atoms with Crippen molar-refractivity contribution in [2.24, 2.45) is 0 Å². The SMILES string of the molecule is COC(=O)c1ccccc1NCCC(=O)Nc1ccc(F)c(F)c1F. The average molecular weight is 352 g/mol. The highest BCUT2D eigenvalue weighted by molar-refractivity contribution is 5.95. The van der Waals surface area contributed by atoms with Crippen LogP contribution in [0.2, 0.25) is 0 Å². The molecule has 0 saturated heterocycles. The van der Waals surface area contributed by atoms with E-state index in [1.165, 1.54) is 7.11 Å². The van der Waals surface area contributed by atoms with Gasteiger partial charge < -0.3 is 15.4 Å². The second-order valence-corrected chi connectivity index (χ2v) is 4.99. The van der Waals surface area contributed by atoms with Crippen molar-refractivity contribution in [3.05, 3.63) is 59.4 Å². The quantitative estimate of drug-likeness (QED) is 0.618. The number of esters is 1. The lowest BCUT2D eigenvalue weighted by atomic mass is 10.1. The summed E-state index contributed by atoms with van der Waals surface area (Å²) in [6.45, 7) is 0.130. The number of para-hydroxylation sites is 1. The maximum Gasteiger partial charge on any atom is 0.339 e. The third-order valence-electron chi connectivity index (χ3n) is 3.31. The van der Waals surface area contributed by atoms with Gasteiger partial charge in [0.05, 0.1) is 18.4 Å². The van der Waals surface area contributed by atoms with Crippen molar-refractivity contribution < 1.29 is 27.5 Å². The third-order valence-corrected chi connectivity index (χ3v) is 3.31. The molecule has 5 nitrogen and oxygen atoms in total. The van der Waals surface area contributed by atoms with E-state index in [9.17, 15) is 22.8 Å². The predicted octanol–water partition coefficient (Wildman–Crippen LogP) is 3.33. The number of benzene rings is 2. The molecule has 2 aromatic carbocycles. The third kappa shape index (κ3) is 4.50. The predicted molar refractivity (Wildman–Crippen MR) is 85.8 cm³/mol. The van der Waals surface area contributed by atoms with E-state index in [2.05, 4.69) is 15.4 Å². The molecular weight excluding hydrogens is 337 g/mol. The second-order valence-electron chi connectivity index (χ2n) is 4.99. The van der Waals surface area contributed by atoms with Crippen LogP contribution in [0.1, 0.15) is 16.8 Å². The molecular formula is C17H15F3N2O3. The fourth-order valence-corrected chi connectivity index (χ4v) is 2.07. The Hall–Kier alpha value is -3.03. The van der Waals surface area contributed by atoms with Gasteiger partial charge in [0, 0.05) is 18.7 Å². The number of anilines is 2. The highest BCUT2D eigenvalue weighted by atomic mass is 19.2. The fraction of sp³-hybridized carbons (Fsp3) is 0.176. The van der Waals surface area contributed by atoms with E-state index in [0.29, 0.717) is 11.3 Å².